The number of ether oxygens (including phenoxy) is 1. The molecule has 6 nitrogen and oxygen atoms in total. The van der Waals surface area contributed by atoms with Gasteiger partial charge in [0.25, 0.3) is 0 Å². The molecule has 0 aliphatic carbocycles. The van der Waals surface area contributed by atoms with Crippen LogP contribution in [0, 0.1) is 0 Å². The van der Waals surface area contributed by atoms with Gasteiger partial charge < -0.3 is 9.72 Å². The number of hydrogen-bond acceptors (Lipinski definition) is 5. The van der Waals surface area contributed by atoms with E-state index in [0.717, 1.165) is 41.7 Å². The van der Waals surface area contributed by atoms with E-state index in [0.29, 0.717) is 22.3 Å². The molecule has 1 aliphatic heterocycles. The number of thioether (sulfide) groups is 1. The number of aromatic amines is 1. The number of carbonyl (C=O) groups excluding carboxylic acids is 1. The molecular formula is C24H23ClN4O2S. The first-order valence-electron chi connectivity index (χ1n) is 10.7. The minimum absolute atomic E-state index is 0.0119. The number of Topliss-reactive ketones (excluding diaryl/α,β-unsaturated/α-hetero) is 1. The van der Waals surface area contributed by atoms with E-state index in [4.69, 9.17) is 16.3 Å². The molecule has 1 aliphatic rings. The maximum atomic E-state index is 13.0. The van der Waals surface area contributed by atoms with Crippen LogP contribution in [0.4, 0.5) is 0 Å². The molecule has 5 rings (SSSR count). The summed E-state index contributed by atoms with van der Waals surface area (Å²) in [6.45, 7) is 3.33. The Morgan fingerprint density at radius 2 is 2.16 bits per heavy atom. The van der Waals surface area contributed by atoms with Crippen molar-refractivity contribution in [1.29, 1.82) is 0 Å². The number of ketones is 1. The van der Waals surface area contributed by atoms with Crippen LogP contribution in [0.3, 0.4) is 0 Å². The first-order chi connectivity index (χ1) is 15.6. The van der Waals surface area contributed by atoms with Crippen LogP contribution in [0.1, 0.15) is 30.1 Å². The highest BCUT2D eigenvalue weighted by atomic mass is 35.5. The van der Waals surface area contributed by atoms with Gasteiger partial charge in [0.2, 0.25) is 0 Å². The molecule has 0 amide bonds. The second-order valence-corrected chi connectivity index (χ2v) is 9.68. The average Bonchev–Trinajstić information content (AvgIpc) is 3.54. The lowest BCUT2D eigenvalue weighted by Gasteiger charge is -2.16. The largest absolute Gasteiger partial charge is 0.376 e. The maximum Gasteiger partial charge on any atom is 0.192 e. The molecule has 2 aromatic heterocycles. The van der Waals surface area contributed by atoms with Gasteiger partial charge in [0.15, 0.2) is 16.8 Å². The second-order valence-electron chi connectivity index (χ2n) is 7.93. The maximum absolute atomic E-state index is 13.0. The quantitative estimate of drug-likeness (QED) is 0.282. The van der Waals surface area contributed by atoms with E-state index in [1.165, 1.54) is 11.8 Å². The van der Waals surface area contributed by atoms with Crippen LogP contribution in [-0.2, 0) is 11.3 Å². The number of halogens is 1. The van der Waals surface area contributed by atoms with E-state index < -0.39 is 0 Å². The molecule has 0 radical (unpaired) electrons. The van der Waals surface area contributed by atoms with Crippen molar-refractivity contribution < 1.29 is 9.53 Å². The van der Waals surface area contributed by atoms with E-state index in [1.54, 1.807) is 24.3 Å². The molecule has 164 valence electrons. The molecule has 0 saturated carbocycles. The Morgan fingerprint density at radius 3 is 2.97 bits per heavy atom. The van der Waals surface area contributed by atoms with Gasteiger partial charge in [-0.2, -0.15) is 0 Å². The molecule has 8 heteroatoms. The van der Waals surface area contributed by atoms with Crippen molar-refractivity contribution in [2.75, 3.05) is 6.61 Å². The predicted molar refractivity (Wildman–Crippen MR) is 127 cm³/mol. The Morgan fingerprint density at radius 1 is 1.28 bits per heavy atom. The number of nitrogens with zero attached hydrogens (tertiary/aromatic N) is 3. The smallest absolute Gasteiger partial charge is 0.192 e. The number of benzene rings is 2. The summed E-state index contributed by atoms with van der Waals surface area (Å²) in [5.74, 6) is 0.792. The fourth-order valence-electron chi connectivity index (χ4n) is 4.08. The van der Waals surface area contributed by atoms with Crippen LogP contribution in [0.25, 0.3) is 22.3 Å². The zero-order valence-electron chi connectivity index (χ0n) is 17.6. The van der Waals surface area contributed by atoms with Crippen LogP contribution in [0.2, 0.25) is 5.02 Å². The highest BCUT2D eigenvalue weighted by Crippen LogP contribution is 2.33. The molecule has 2 aromatic carbocycles. The Kier molecular flexibility index (Phi) is 6.04. The molecule has 2 atom stereocenters. The predicted octanol–water partition coefficient (Wildman–Crippen LogP) is 5.62. The molecule has 1 fully saturated rings. The van der Waals surface area contributed by atoms with Crippen molar-refractivity contribution in [2.45, 2.75) is 42.8 Å². The number of nitrogens with one attached hydrogen (secondary N) is 1. The first-order valence-corrected chi connectivity index (χ1v) is 11.9. The first kappa shape index (κ1) is 21.2. The van der Waals surface area contributed by atoms with Crippen molar-refractivity contribution in [3.63, 3.8) is 0 Å². The van der Waals surface area contributed by atoms with Gasteiger partial charge in [-0.3, -0.25) is 9.36 Å². The van der Waals surface area contributed by atoms with Crippen LogP contribution in [0.5, 0.6) is 0 Å². The number of fused-ring (bicyclic) bond motifs is 1. The molecule has 1 N–H and O–H groups in total. The van der Waals surface area contributed by atoms with Gasteiger partial charge in [-0.15, -0.1) is 10.2 Å². The van der Waals surface area contributed by atoms with E-state index in [-0.39, 0.29) is 17.1 Å². The summed E-state index contributed by atoms with van der Waals surface area (Å²) in [5.41, 5.74) is 2.64. The standard InChI is InChI=1S/C24H23ClN4O2S/c1-15(22(30)16-6-4-7-17(25)12-16)32-24-28-27-23(29(24)14-18-8-5-11-31-18)20-13-26-21-10-3-2-9-19(20)21/h2-4,6-7,9-10,12-13,15,18,26H,5,8,11,14H2,1H3. The van der Waals surface area contributed by atoms with Crippen molar-refractivity contribution in [3.8, 4) is 11.4 Å². The van der Waals surface area contributed by atoms with Crippen LogP contribution < -0.4 is 0 Å². The lowest BCUT2D eigenvalue weighted by Crippen LogP contribution is -2.19. The van der Waals surface area contributed by atoms with Crippen LogP contribution in [0.15, 0.2) is 59.9 Å². The summed E-state index contributed by atoms with van der Waals surface area (Å²) in [4.78, 5) is 16.3. The fraction of sp³-hybridized carbons (Fsp3) is 0.292. The summed E-state index contributed by atoms with van der Waals surface area (Å²) in [7, 11) is 0. The SMILES string of the molecule is CC(Sc1nnc(-c2c[nH]c3ccccc23)n1CC1CCCO1)C(=O)c1cccc(Cl)c1. The number of hydrogen-bond donors (Lipinski definition) is 1. The molecule has 1 saturated heterocycles. The lowest BCUT2D eigenvalue weighted by molar-refractivity contribution is 0.0953. The van der Waals surface area contributed by atoms with E-state index in [2.05, 4.69) is 25.8 Å². The van der Waals surface area contributed by atoms with Crippen molar-refractivity contribution >= 4 is 40.0 Å². The highest BCUT2D eigenvalue weighted by Gasteiger charge is 2.26. The topological polar surface area (TPSA) is 72.8 Å². The Bertz CT molecular complexity index is 1260. The van der Waals surface area contributed by atoms with Crippen LogP contribution >= 0.6 is 23.4 Å². The van der Waals surface area contributed by atoms with E-state index >= 15 is 0 Å². The molecule has 0 bridgehead atoms. The van der Waals surface area contributed by atoms with Crippen LogP contribution in [-0.4, -0.2) is 43.5 Å². The van der Waals surface area contributed by atoms with Gasteiger partial charge in [0.1, 0.15) is 0 Å². The van der Waals surface area contributed by atoms with E-state index in [9.17, 15) is 4.79 Å². The minimum atomic E-state index is -0.336. The Balaban J connectivity index is 1.48. The number of para-hydroxylation sites is 1. The van der Waals surface area contributed by atoms with Crippen molar-refractivity contribution in [2.24, 2.45) is 0 Å². The summed E-state index contributed by atoms with van der Waals surface area (Å²) in [5, 5.41) is 11.0. The summed E-state index contributed by atoms with van der Waals surface area (Å²) < 4.78 is 8.00. The summed E-state index contributed by atoms with van der Waals surface area (Å²) in [6, 6.07) is 15.2. The number of H-pyrrole nitrogens is 1. The third kappa shape index (κ3) is 4.20. The second kappa shape index (κ2) is 9.10. The molecule has 3 heterocycles. The van der Waals surface area contributed by atoms with E-state index in [1.807, 2.05) is 31.3 Å². The highest BCUT2D eigenvalue weighted by molar-refractivity contribution is 8.00. The lowest BCUT2D eigenvalue weighted by atomic mass is 10.1. The van der Waals surface area contributed by atoms with Gasteiger partial charge in [0.05, 0.1) is 17.9 Å². The number of aromatic nitrogens is 4. The molecule has 4 aromatic rings. The van der Waals surface area contributed by atoms with Gasteiger partial charge >= 0.3 is 0 Å². The minimum Gasteiger partial charge on any atom is -0.376 e. The monoisotopic (exact) mass is 466 g/mol. The zero-order valence-corrected chi connectivity index (χ0v) is 19.2. The summed E-state index contributed by atoms with van der Waals surface area (Å²) >= 11 is 7.50. The Labute approximate surface area is 195 Å². The van der Waals surface area contributed by atoms with Crippen molar-refractivity contribution in [1.82, 2.24) is 19.7 Å². The molecule has 2 unspecified atom stereocenters. The summed E-state index contributed by atoms with van der Waals surface area (Å²) in [6.07, 6.45) is 4.15. The fourth-order valence-corrected chi connectivity index (χ4v) is 5.20. The van der Waals surface area contributed by atoms with Gasteiger partial charge in [-0.1, -0.05) is 53.7 Å². The number of rotatable bonds is 7. The number of carbonyl (C=O) groups is 1. The molecule has 32 heavy (non-hydrogen) atoms. The zero-order chi connectivity index (χ0) is 22.1. The van der Waals surface area contributed by atoms with Gasteiger partial charge in [-0.05, 0) is 38.0 Å². The van der Waals surface area contributed by atoms with Gasteiger partial charge in [-0.25, -0.2) is 0 Å². The van der Waals surface area contributed by atoms with Gasteiger partial charge in [0, 0.05) is 39.9 Å². The van der Waals surface area contributed by atoms with Crippen molar-refractivity contribution in [3.05, 3.63) is 65.3 Å². The Hall–Kier alpha value is -2.61. The average molecular weight is 467 g/mol. The third-order valence-electron chi connectivity index (χ3n) is 5.72. The molecule has 0 spiro atoms. The third-order valence-corrected chi connectivity index (χ3v) is 7.03. The molecular weight excluding hydrogens is 444 g/mol. The normalized spacial score (nSPS) is 17.1.